The number of fused-ring (bicyclic) bond motifs is 4. The summed E-state index contributed by atoms with van der Waals surface area (Å²) < 4.78 is 0. The molecule has 2 nitrogen and oxygen atoms in total. The third-order valence-electron chi connectivity index (χ3n) is 13.0. The molecule has 12 rings (SSSR count). The Labute approximate surface area is 385 Å². The average Bonchev–Trinajstić information content (AvgIpc) is 3.39. The number of hydrogen-bond donors (Lipinski definition) is 0. The van der Waals surface area contributed by atoms with Crippen molar-refractivity contribution in [3.05, 3.63) is 267 Å². The maximum absolute atomic E-state index is 2.36. The summed E-state index contributed by atoms with van der Waals surface area (Å²) in [7, 11) is 0. The molecule has 0 amide bonds. The third-order valence-corrected chi connectivity index (χ3v) is 13.0. The van der Waals surface area contributed by atoms with E-state index in [1.54, 1.807) is 0 Å². The lowest BCUT2D eigenvalue weighted by molar-refractivity contribution is 1.28. The highest BCUT2D eigenvalue weighted by Gasteiger charge is 2.24. The first-order valence-corrected chi connectivity index (χ1v) is 22.7. The summed E-state index contributed by atoms with van der Waals surface area (Å²) in [5, 5.41) is 9.80. The third kappa shape index (κ3) is 6.75. The Bertz CT molecular complexity index is 3260. The van der Waals surface area contributed by atoms with E-state index in [4.69, 9.17) is 0 Å². The van der Waals surface area contributed by atoms with Crippen molar-refractivity contribution in [1.29, 1.82) is 0 Å². The molecule has 66 heavy (non-hydrogen) atoms. The second kappa shape index (κ2) is 16.8. The Morgan fingerprint density at radius 3 is 0.636 bits per heavy atom. The van der Waals surface area contributed by atoms with Crippen LogP contribution in [0.3, 0.4) is 0 Å². The van der Waals surface area contributed by atoms with Crippen molar-refractivity contribution in [2.45, 2.75) is 0 Å². The number of benzene rings is 12. The highest BCUT2D eigenvalue weighted by molar-refractivity contribution is 6.30. The molecule has 0 aliphatic heterocycles. The molecule has 0 radical (unpaired) electrons. The quantitative estimate of drug-likeness (QED) is 0.134. The average molecular weight is 841 g/mol. The van der Waals surface area contributed by atoms with Gasteiger partial charge in [-0.1, -0.05) is 194 Å². The standard InChI is InChI=1S/C64H44N2/c1-5-25-47(26-6-1)65(48-27-7-2-8-28-48)51-33-21-23-45(43-51)61-53-35-13-17-39-57(53)63(58-40-18-14-36-54(58)61)64-59-41-19-15-37-55(59)62(56-38-16-20-42-60(56)64)46-24-22-34-52(44-46)66(49-29-9-3-10-30-49)50-31-11-4-12-32-50/h1-44H. The van der Waals surface area contributed by atoms with Crippen molar-refractivity contribution in [3.63, 3.8) is 0 Å². The van der Waals surface area contributed by atoms with Gasteiger partial charge in [-0.2, -0.15) is 0 Å². The van der Waals surface area contributed by atoms with Crippen LogP contribution in [0.2, 0.25) is 0 Å². The number of nitrogens with zero attached hydrogens (tertiary/aromatic N) is 2. The number of hydrogen-bond acceptors (Lipinski definition) is 2. The zero-order chi connectivity index (χ0) is 43.8. The maximum Gasteiger partial charge on any atom is 0.0467 e. The van der Waals surface area contributed by atoms with Crippen LogP contribution in [0.25, 0.3) is 76.5 Å². The van der Waals surface area contributed by atoms with E-state index >= 15 is 0 Å². The van der Waals surface area contributed by atoms with Gasteiger partial charge in [0, 0.05) is 34.1 Å². The predicted octanol–water partition coefficient (Wildman–Crippen LogP) is 18.2. The normalized spacial score (nSPS) is 11.3. The fraction of sp³-hybridized carbons (Fsp3) is 0. The van der Waals surface area contributed by atoms with Gasteiger partial charge in [0.1, 0.15) is 0 Å². The van der Waals surface area contributed by atoms with Crippen molar-refractivity contribution in [3.8, 4) is 33.4 Å². The molecule has 0 heterocycles. The molecule has 0 N–H and O–H groups in total. The van der Waals surface area contributed by atoms with E-state index in [-0.39, 0.29) is 0 Å². The largest absolute Gasteiger partial charge is 0.310 e. The molecule has 0 saturated heterocycles. The lowest BCUT2D eigenvalue weighted by Crippen LogP contribution is -2.09. The van der Waals surface area contributed by atoms with E-state index in [1.807, 2.05) is 0 Å². The van der Waals surface area contributed by atoms with Crippen LogP contribution in [-0.4, -0.2) is 0 Å². The molecule has 12 aromatic carbocycles. The van der Waals surface area contributed by atoms with Crippen LogP contribution in [0.4, 0.5) is 34.1 Å². The van der Waals surface area contributed by atoms with Gasteiger partial charge in [0.2, 0.25) is 0 Å². The van der Waals surface area contributed by atoms with Crippen molar-refractivity contribution in [2.24, 2.45) is 0 Å². The molecule has 0 aliphatic rings. The van der Waals surface area contributed by atoms with Crippen molar-refractivity contribution in [2.75, 3.05) is 9.80 Å². The molecule has 0 spiro atoms. The topological polar surface area (TPSA) is 6.48 Å². The Balaban J connectivity index is 1.09. The van der Waals surface area contributed by atoms with Gasteiger partial charge in [0.05, 0.1) is 0 Å². The molecule has 0 fully saturated rings. The summed E-state index contributed by atoms with van der Waals surface area (Å²) >= 11 is 0. The highest BCUT2D eigenvalue weighted by atomic mass is 15.1. The lowest BCUT2D eigenvalue weighted by atomic mass is 9.81. The molecule has 2 heteroatoms. The minimum Gasteiger partial charge on any atom is -0.310 e. The zero-order valence-corrected chi connectivity index (χ0v) is 36.3. The molecule has 0 bridgehead atoms. The van der Waals surface area contributed by atoms with Gasteiger partial charge in [0.15, 0.2) is 0 Å². The summed E-state index contributed by atoms with van der Waals surface area (Å²) in [6.07, 6.45) is 0. The minimum absolute atomic E-state index is 1.11. The van der Waals surface area contributed by atoms with Gasteiger partial charge >= 0.3 is 0 Å². The van der Waals surface area contributed by atoms with Crippen LogP contribution < -0.4 is 9.80 Å². The van der Waals surface area contributed by atoms with Crippen LogP contribution in [0.5, 0.6) is 0 Å². The Morgan fingerprint density at radius 2 is 0.379 bits per heavy atom. The lowest BCUT2D eigenvalue weighted by Gasteiger charge is -2.27. The van der Waals surface area contributed by atoms with E-state index in [2.05, 4.69) is 277 Å². The van der Waals surface area contributed by atoms with E-state index in [1.165, 1.54) is 76.5 Å². The van der Waals surface area contributed by atoms with E-state index in [0.29, 0.717) is 0 Å². The molecule has 0 unspecified atom stereocenters. The Kier molecular flexibility index (Phi) is 9.89. The monoisotopic (exact) mass is 840 g/mol. The maximum atomic E-state index is 2.36. The van der Waals surface area contributed by atoms with Crippen LogP contribution in [-0.2, 0) is 0 Å². The molecule has 12 aromatic rings. The van der Waals surface area contributed by atoms with Crippen molar-refractivity contribution >= 4 is 77.2 Å². The van der Waals surface area contributed by atoms with E-state index in [9.17, 15) is 0 Å². The van der Waals surface area contributed by atoms with Crippen LogP contribution in [0, 0.1) is 0 Å². The van der Waals surface area contributed by atoms with Gasteiger partial charge in [0.25, 0.3) is 0 Å². The highest BCUT2D eigenvalue weighted by Crippen LogP contribution is 2.51. The molecule has 0 saturated carbocycles. The van der Waals surface area contributed by atoms with Crippen molar-refractivity contribution < 1.29 is 0 Å². The van der Waals surface area contributed by atoms with Gasteiger partial charge in [-0.05, 0) is 149 Å². The number of para-hydroxylation sites is 4. The minimum atomic E-state index is 1.11. The van der Waals surface area contributed by atoms with Gasteiger partial charge in [-0.3, -0.25) is 0 Å². The first-order chi connectivity index (χ1) is 32.8. The first-order valence-electron chi connectivity index (χ1n) is 22.7. The molecular formula is C64H44N2. The fourth-order valence-corrected chi connectivity index (χ4v) is 10.2. The number of anilines is 6. The molecule has 0 aromatic heterocycles. The molecule has 0 atom stereocenters. The van der Waals surface area contributed by atoms with Crippen LogP contribution >= 0.6 is 0 Å². The summed E-state index contributed by atoms with van der Waals surface area (Å²) in [5.74, 6) is 0. The summed E-state index contributed by atoms with van der Waals surface area (Å²) in [6, 6.07) is 96.8. The Morgan fingerprint density at radius 1 is 0.167 bits per heavy atom. The fourth-order valence-electron chi connectivity index (χ4n) is 10.2. The first kappa shape index (κ1) is 38.9. The summed E-state index contributed by atoms with van der Waals surface area (Å²) in [6.45, 7) is 0. The van der Waals surface area contributed by atoms with Crippen LogP contribution in [0.15, 0.2) is 267 Å². The van der Waals surface area contributed by atoms with E-state index in [0.717, 1.165) is 34.1 Å². The Hall–Kier alpha value is -8.72. The van der Waals surface area contributed by atoms with Gasteiger partial charge < -0.3 is 9.80 Å². The molecule has 0 aliphatic carbocycles. The van der Waals surface area contributed by atoms with Crippen LogP contribution in [0.1, 0.15) is 0 Å². The smallest absolute Gasteiger partial charge is 0.0467 e. The SMILES string of the molecule is c1ccc(N(c2ccccc2)c2cccc(-c3c4ccccc4c(-c4c5ccccc5c(-c5cccc(N(c6ccccc6)c6ccccc6)c5)c5ccccc45)c4ccccc34)c2)cc1. The molecule has 310 valence electrons. The summed E-state index contributed by atoms with van der Waals surface area (Å²) in [5.41, 5.74) is 14.0. The second-order valence-corrected chi connectivity index (χ2v) is 16.8. The second-order valence-electron chi connectivity index (χ2n) is 16.8. The predicted molar refractivity (Wildman–Crippen MR) is 282 cm³/mol. The van der Waals surface area contributed by atoms with E-state index < -0.39 is 0 Å². The van der Waals surface area contributed by atoms with Gasteiger partial charge in [-0.15, -0.1) is 0 Å². The molecular weight excluding hydrogens is 797 g/mol. The zero-order valence-electron chi connectivity index (χ0n) is 36.3. The van der Waals surface area contributed by atoms with Gasteiger partial charge in [-0.25, -0.2) is 0 Å². The summed E-state index contributed by atoms with van der Waals surface area (Å²) in [4.78, 5) is 4.69. The van der Waals surface area contributed by atoms with Crippen molar-refractivity contribution in [1.82, 2.24) is 0 Å². The number of rotatable bonds is 9.